The molecule has 0 saturated carbocycles. The minimum Gasteiger partial charge on any atom is -0.223 e. The molecule has 24 heavy (non-hydrogen) atoms. The van der Waals surface area contributed by atoms with E-state index in [2.05, 4.69) is 0 Å². The van der Waals surface area contributed by atoms with Gasteiger partial charge in [-0.05, 0) is 67.1 Å². The van der Waals surface area contributed by atoms with Crippen molar-refractivity contribution >= 4 is 21.4 Å². The zero-order valence-electron chi connectivity index (χ0n) is 13.1. The standard InChI is InChI=1S/C18H17ClF2O2S/c1-11-3-2-4-14-15(20)9-10-16(21)17(14)18(11)24(22,23)13-7-5-12(19)6-8-13/h5-11,18H,2-4H2,1H3/t11-,18-/m1/s1. The molecular weight excluding hydrogens is 354 g/mol. The molecule has 2 atom stereocenters. The first kappa shape index (κ1) is 17.4. The molecule has 0 amide bonds. The first-order valence-electron chi connectivity index (χ1n) is 7.78. The van der Waals surface area contributed by atoms with Crippen molar-refractivity contribution in [1.82, 2.24) is 0 Å². The first-order valence-corrected chi connectivity index (χ1v) is 9.71. The summed E-state index contributed by atoms with van der Waals surface area (Å²) in [5.41, 5.74) is 0.164. The van der Waals surface area contributed by atoms with Crippen LogP contribution in [0, 0.1) is 17.6 Å². The smallest absolute Gasteiger partial charge is 0.185 e. The molecule has 3 rings (SSSR count). The summed E-state index contributed by atoms with van der Waals surface area (Å²) < 4.78 is 55.0. The van der Waals surface area contributed by atoms with Gasteiger partial charge in [0.25, 0.3) is 0 Å². The Morgan fingerprint density at radius 2 is 1.67 bits per heavy atom. The van der Waals surface area contributed by atoms with Crippen LogP contribution in [0.25, 0.3) is 0 Å². The van der Waals surface area contributed by atoms with Crippen molar-refractivity contribution in [2.45, 2.75) is 36.3 Å². The molecule has 0 bridgehead atoms. The zero-order chi connectivity index (χ0) is 17.5. The van der Waals surface area contributed by atoms with Crippen LogP contribution in [0.1, 0.15) is 36.1 Å². The topological polar surface area (TPSA) is 34.1 Å². The van der Waals surface area contributed by atoms with Gasteiger partial charge in [0.1, 0.15) is 11.6 Å². The van der Waals surface area contributed by atoms with Crippen LogP contribution in [-0.4, -0.2) is 8.42 Å². The van der Waals surface area contributed by atoms with Gasteiger partial charge in [0, 0.05) is 10.6 Å². The highest BCUT2D eigenvalue weighted by molar-refractivity contribution is 7.91. The molecule has 2 nitrogen and oxygen atoms in total. The average molecular weight is 371 g/mol. The second-order valence-electron chi connectivity index (χ2n) is 6.21. The third kappa shape index (κ3) is 2.95. The summed E-state index contributed by atoms with van der Waals surface area (Å²) in [4.78, 5) is 0.0697. The maximum Gasteiger partial charge on any atom is 0.185 e. The Balaban J connectivity index is 2.23. The highest BCUT2D eigenvalue weighted by atomic mass is 35.5. The van der Waals surface area contributed by atoms with Gasteiger partial charge in [0.15, 0.2) is 9.84 Å². The molecular formula is C18H17ClF2O2S. The quantitative estimate of drug-likeness (QED) is 0.689. The number of rotatable bonds is 2. The van der Waals surface area contributed by atoms with E-state index in [-0.39, 0.29) is 21.9 Å². The van der Waals surface area contributed by atoms with Crippen LogP contribution in [0.4, 0.5) is 8.78 Å². The second-order valence-corrected chi connectivity index (χ2v) is 8.72. The Morgan fingerprint density at radius 3 is 2.33 bits per heavy atom. The number of benzene rings is 2. The molecule has 0 aliphatic heterocycles. The lowest BCUT2D eigenvalue weighted by Crippen LogP contribution is -2.22. The van der Waals surface area contributed by atoms with Gasteiger partial charge >= 0.3 is 0 Å². The fourth-order valence-corrected chi connectivity index (χ4v) is 5.69. The van der Waals surface area contributed by atoms with Gasteiger partial charge in [-0.3, -0.25) is 0 Å². The maximum atomic E-state index is 14.5. The van der Waals surface area contributed by atoms with Crippen LogP contribution < -0.4 is 0 Å². The van der Waals surface area contributed by atoms with Crippen molar-refractivity contribution in [3.8, 4) is 0 Å². The molecule has 0 aromatic heterocycles. The maximum absolute atomic E-state index is 14.5. The number of hydrogen-bond donors (Lipinski definition) is 0. The molecule has 6 heteroatoms. The molecule has 0 saturated heterocycles. The Morgan fingerprint density at radius 1 is 1.04 bits per heavy atom. The average Bonchev–Trinajstić information content (AvgIpc) is 2.71. The van der Waals surface area contributed by atoms with Crippen LogP contribution in [0.5, 0.6) is 0 Å². The second kappa shape index (κ2) is 6.45. The number of sulfone groups is 1. The third-order valence-corrected chi connectivity index (χ3v) is 7.16. The van der Waals surface area contributed by atoms with Crippen molar-refractivity contribution in [3.05, 3.63) is 64.2 Å². The van der Waals surface area contributed by atoms with Gasteiger partial charge < -0.3 is 0 Å². The molecule has 128 valence electrons. The van der Waals surface area contributed by atoms with Crippen LogP contribution >= 0.6 is 11.6 Å². The molecule has 0 N–H and O–H groups in total. The fourth-order valence-electron chi connectivity index (χ4n) is 3.44. The van der Waals surface area contributed by atoms with Gasteiger partial charge in [-0.2, -0.15) is 0 Å². The summed E-state index contributed by atoms with van der Waals surface area (Å²) in [6.07, 6.45) is 1.56. The monoisotopic (exact) mass is 370 g/mol. The molecule has 0 spiro atoms. The van der Waals surface area contributed by atoms with Crippen molar-refractivity contribution < 1.29 is 17.2 Å². The lowest BCUT2D eigenvalue weighted by molar-refractivity contribution is 0.474. The van der Waals surface area contributed by atoms with E-state index in [1.807, 2.05) is 0 Å². The Hall–Kier alpha value is -1.46. The van der Waals surface area contributed by atoms with Crippen molar-refractivity contribution in [2.75, 3.05) is 0 Å². The van der Waals surface area contributed by atoms with Gasteiger partial charge in [0.05, 0.1) is 10.1 Å². The van der Waals surface area contributed by atoms with Crippen LogP contribution in [0.15, 0.2) is 41.3 Å². The van der Waals surface area contributed by atoms with Crippen molar-refractivity contribution in [3.63, 3.8) is 0 Å². The van der Waals surface area contributed by atoms with Gasteiger partial charge in [-0.15, -0.1) is 0 Å². The lowest BCUT2D eigenvalue weighted by atomic mass is 9.97. The predicted molar refractivity (Wildman–Crippen MR) is 89.8 cm³/mol. The minimum atomic E-state index is -3.87. The first-order chi connectivity index (χ1) is 11.3. The summed E-state index contributed by atoms with van der Waals surface area (Å²) in [7, 11) is -3.87. The Bertz CT molecular complexity index is 863. The summed E-state index contributed by atoms with van der Waals surface area (Å²) >= 11 is 5.82. The minimum absolute atomic E-state index is 0.0186. The van der Waals surface area contributed by atoms with Crippen LogP contribution in [0.2, 0.25) is 5.02 Å². The fraction of sp³-hybridized carbons (Fsp3) is 0.333. The SMILES string of the molecule is C[C@@H]1CCCc2c(F)ccc(F)c2[C@@H]1S(=O)(=O)c1ccc(Cl)cc1. The van der Waals surface area contributed by atoms with E-state index in [0.717, 1.165) is 12.1 Å². The molecule has 2 aromatic rings. The highest BCUT2D eigenvalue weighted by Crippen LogP contribution is 2.43. The molecule has 1 aliphatic rings. The van der Waals surface area contributed by atoms with E-state index in [4.69, 9.17) is 11.6 Å². The number of hydrogen-bond acceptors (Lipinski definition) is 2. The van der Waals surface area contributed by atoms with Gasteiger partial charge in [-0.25, -0.2) is 17.2 Å². The summed E-state index contributed by atoms with van der Waals surface area (Å²) in [5.74, 6) is -1.53. The molecule has 0 unspecified atom stereocenters. The largest absolute Gasteiger partial charge is 0.223 e. The Kier molecular flexibility index (Phi) is 4.67. The van der Waals surface area contributed by atoms with E-state index in [1.54, 1.807) is 6.92 Å². The number of fused-ring (bicyclic) bond motifs is 1. The van der Waals surface area contributed by atoms with Crippen LogP contribution in [0.3, 0.4) is 0 Å². The van der Waals surface area contributed by atoms with Crippen LogP contribution in [-0.2, 0) is 16.3 Å². The predicted octanol–water partition coefficient (Wildman–Crippen LogP) is 5.11. The van der Waals surface area contributed by atoms with Crippen molar-refractivity contribution in [1.29, 1.82) is 0 Å². The lowest BCUT2D eigenvalue weighted by Gasteiger charge is -2.24. The van der Waals surface area contributed by atoms with E-state index in [0.29, 0.717) is 24.3 Å². The van der Waals surface area contributed by atoms with E-state index in [9.17, 15) is 17.2 Å². The van der Waals surface area contributed by atoms with Crippen molar-refractivity contribution in [2.24, 2.45) is 5.92 Å². The van der Waals surface area contributed by atoms with E-state index in [1.165, 1.54) is 24.3 Å². The van der Waals surface area contributed by atoms with E-state index >= 15 is 0 Å². The summed E-state index contributed by atoms with van der Waals surface area (Å²) in [6.45, 7) is 1.78. The van der Waals surface area contributed by atoms with Gasteiger partial charge in [0.2, 0.25) is 0 Å². The highest BCUT2D eigenvalue weighted by Gasteiger charge is 2.39. The summed E-state index contributed by atoms with van der Waals surface area (Å²) in [5, 5.41) is -0.688. The molecule has 2 aromatic carbocycles. The van der Waals surface area contributed by atoms with E-state index < -0.39 is 26.7 Å². The molecule has 1 aliphatic carbocycles. The Labute approximate surface area is 145 Å². The molecule has 0 fully saturated rings. The van der Waals surface area contributed by atoms with Gasteiger partial charge in [-0.1, -0.05) is 18.5 Å². The third-order valence-electron chi connectivity index (χ3n) is 4.61. The normalized spacial score (nSPS) is 21.2. The zero-order valence-corrected chi connectivity index (χ0v) is 14.7. The summed E-state index contributed by atoms with van der Waals surface area (Å²) in [6, 6.07) is 7.86. The molecule has 0 radical (unpaired) electrons. The number of halogens is 3. The molecule has 0 heterocycles.